The highest BCUT2D eigenvalue weighted by Crippen LogP contribution is 2.33. The van der Waals surface area contributed by atoms with E-state index < -0.39 is 10.0 Å². The van der Waals surface area contributed by atoms with E-state index in [4.69, 9.17) is 4.74 Å². The summed E-state index contributed by atoms with van der Waals surface area (Å²) >= 11 is 0. The number of fused-ring (bicyclic) bond motifs is 1. The molecule has 2 heterocycles. The molecule has 1 amide bonds. The first-order valence-electron chi connectivity index (χ1n) is 7.00. The average molecular weight is 336 g/mol. The van der Waals surface area contributed by atoms with Gasteiger partial charge in [0.15, 0.2) is 12.4 Å². The van der Waals surface area contributed by atoms with Gasteiger partial charge in [-0.3, -0.25) is 14.2 Å². The zero-order chi connectivity index (χ0) is 16.6. The molecule has 0 aliphatic carbocycles. The van der Waals surface area contributed by atoms with Gasteiger partial charge in [0.25, 0.3) is 15.9 Å². The van der Waals surface area contributed by atoms with Crippen LogP contribution in [-0.4, -0.2) is 37.8 Å². The van der Waals surface area contributed by atoms with Crippen molar-refractivity contribution in [2.75, 3.05) is 23.3 Å². The van der Waals surface area contributed by atoms with Gasteiger partial charge in [-0.25, -0.2) is 8.42 Å². The fraction of sp³-hybridized carbons (Fsp3) is 0.286. The van der Waals surface area contributed by atoms with Crippen molar-refractivity contribution in [2.24, 2.45) is 0 Å². The second kappa shape index (κ2) is 5.58. The molecule has 1 aliphatic rings. The summed E-state index contributed by atoms with van der Waals surface area (Å²) in [5.74, 6) is 0.480. The van der Waals surface area contributed by atoms with Crippen LogP contribution in [-0.2, 0) is 21.4 Å². The standard InChI is InChI=1S/C14H16N4O4S/c1-3-18-7-6-13(15-18)16-23(20,21)10-4-5-12-11(8-10)17(2)14(19)9-22-12/h4-8H,3,9H2,1-2H3,(H,15,16). The Hall–Kier alpha value is -2.55. The van der Waals surface area contributed by atoms with Crippen molar-refractivity contribution in [1.82, 2.24) is 9.78 Å². The van der Waals surface area contributed by atoms with Crippen LogP contribution >= 0.6 is 0 Å². The molecule has 0 spiro atoms. The highest BCUT2D eigenvalue weighted by atomic mass is 32.2. The number of likely N-dealkylation sites (N-methyl/N-ethyl adjacent to an activating group) is 1. The predicted molar refractivity (Wildman–Crippen MR) is 84.1 cm³/mol. The molecule has 1 aromatic carbocycles. The average Bonchev–Trinajstić information content (AvgIpc) is 2.97. The number of aryl methyl sites for hydroxylation is 1. The lowest BCUT2D eigenvalue weighted by molar-refractivity contribution is -0.120. The lowest BCUT2D eigenvalue weighted by atomic mass is 10.2. The van der Waals surface area contributed by atoms with Gasteiger partial charge in [0.2, 0.25) is 0 Å². The van der Waals surface area contributed by atoms with Gasteiger partial charge in [0, 0.05) is 25.9 Å². The number of nitrogens with zero attached hydrogens (tertiary/aromatic N) is 3. The molecule has 23 heavy (non-hydrogen) atoms. The van der Waals surface area contributed by atoms with Crippen LogP contribution in [0.1, 0.15) is 6.92 Å². The molecular weight excluding hydrogens is 320 g/mol. The summed E-state index contributed by atoms with van der Waals surface area (Å²) in [5, 5.41) is 4.09. The van der Waals surface area contributed by atoms with Crippen molar-refractivity contribution < 1.29 is 17.9 Å². The van der Waals surface area contributed by atoms with Gasteiger partial charge in [0.05, 0.1) is 10.6 Å². The molecule has 0 atom stereocenters. The normalized spacial score (nSPS) is 14.3. The zero-order valence-electron chi connectivity index (χ0n) is 12.7. The molecule has 2 aromatic rings. The van der Waals surface area contributed by atoms with Crippen molar-refractivity contribution >= 4 is 27.4 Å². The monoisotopic (exact) mass is 336 g/mol. The summed E-state index contributed by atoms with van der Waals surface area (Å²) in [5.41, 5.74) is 0.420. The van der Waals surface area contributed by atoms with E-state index in [1.54, 1.807) is 24.0 Å². The zero-order valence-corrected chi connectivity index (χ0v) is 13.5. The molecular formula is C14H16N4O4S. The van der Waals surface area contributed by atoms with E-state index in [0.29, 0.717) is 18.0 Å². The number of nitrogens with one attached hydrogen (secondary N) is 1. The fourth-order valence-corrected chi connectivity index (χ4v) is 3.22. The second-order valence-corrected chi connectivity index (χ2v) is 6.72. The molecule has 8 nitrogen and oxygen atoms in total. The molecule has 1 aliphatic heterocycles. The van der Waals surface area contributed by atoms with Crippen LogP contribution < -0.4 is 14.4 Å². The summed E-state index contributed by atoms with van der Waals surface area (Å²) in [4.78, 5) is 13.1. The van der Waals surface area contributed by atoms with Crippen LogP contribution in [0.2, 0.25) is 0 Å². The van der Waals surface area contributed by atoms with E-state index in [9.17, 15) is 13.2 Å². The van der Waals surface area contributed by atoms with Gasteiger partial charge in [-0.1, -0.05) is 0 Å². The van der Waals surface area contributed by atoms with Gasteiger partial charge < -0.3 is 9.64 Å². The molecule has 122 valence electrons. The number of aromatic nitrogens is 2. The number of ether oxygens (including phenoxy) is 1. The largest absolute Gasteiger partial charge is 0.482 e. The Kier molecular flexibility index (Phi) is 3.72. The van der Waals surface area contributed by atoms with Crippen molar-refractivity contribution in [1.29, 1.82) is 0 Å². The van der Waals surface area contributed by atoms with Gasteiger partial charge in [0.1, 0.15) is 5.75 Å². The third-order valence-electron chi connectivity index (χ3n) is 3.53. The van der Waals surface area contributed by atoms with Crippen LogP contribution in [0.3, 0.4) is 0 Å². The molecule has 0 bridgehead atoms. The number of amides is 1. The molecule has 0 saturated carbocycles. The SMILES string of the molecule is CCn1ccc(NS(=O)(=O)c2ccc3c(c2)N(C)C(=O)CO3)n1. The summed E-state index contributed by atoms with van der Waals surface area (Å²) in [6.45, 7) is 2.49. The van der Waals surface area contributed by atoms with Crippen LogP contribution in [0.5, 0.6) is 5.75 Å². The number of sulfonamides is 1. The van der Waals surface area contributed by atoms with E-state index in [-0.39, 0.29) is 23.2 Å². The van der Waals surface area contributed by atoms with E-state index in [1.807, 2.05) is 6.92 Å². The molecule has 0 fully saturated rings. The highest BCUT2D eigenvalue weighted by molar-refractivity contribution is 7.92. The highest BCUT2D eigenvalue weighted by Gasteiger charge is 2.25. The number of carbonyl (C=O) groups is 1. The quantitative estimate of drug-likeness (QED) is 0.901. The van der Waals surface area contributed by atoms with Gasteiger partial charge in [-0.05, 0) is 25.1 Å². The summed E-state index contributed by atoms with van der Waals surface area (Å²) < 4.78 is 34.3. The number of anilines is 2. The van der Waals surface area contributed by atoms with Crippen LogP contribution in [0.4, 0.5) is 11.5 Å². The minimum atomic E-state index is -3.80. The van der Waals surface area contributed by atoms with E-state index >= 15 is 0 Å². The van der Waals surface area contributed by atoms with Crippen LogP contribution in [0, 0.1) is 0 Å². The van der Waals surface area contributed by atoms with E-state index in [1.165, 1.54) is 23.1 Å². The molecule has 1 aromatic heterocycles. The maximum Gasteiger partial charge on any atom is 0.264 e. The van der Waals surface area contributed by atoms with Gasteiger partial charge >= 0.3 is 0 Å². The molecule has 1 N–H and O–H groups in total. The van der Waals surface area contributed by atoms with Crippen molar-refractivity contribution in [2.45, 2.75) is 18.4 Å². The molecule has 0 saturated heterocycles. The first-order chi connectivity index (χ1) is 10.9. The Labute approximate surface area is 133 Å². The number of rotatable bonds is 4. The summed E-state index contributed by atoms with van der Waals surface area (Å²) in [6.07, 6.45) is 1.69. The third kappa shape index (κ3) is 2.87. The Morgan fingerprint density at radius 2 is 2.13 bits per heavy atom. The van der Waals surface area contributed by atoms with Crippen molar-refractivity contribution in [3.8, 4) is 5.75 Å². The lowest BCUT2D eigenvalue weighted by Crippen LogP contribution is -2.35. The minimum Gasteiger partial charge on any atom is -0.482 e. The maximum atomic E-state index is 12.5. The molecule has 3 rings (SSSR count). The van der Waals surface area contributed by atoms with E-state index in [0.717, 1.165) is 0 Å². The summed E-state index contributed by atoms with van der Waals surface area (Å²) in [7, 11) is -2.22. The topological polar surface area (TPSA) is 93.5 Å². The number of carbonyl (C=O) groups excluding carboxylic acids is 1. The third-order valence-corrected chi connectivity index (χ3v) is 4.88. The number of benzene rings is 1. The second-order valence-electron chi connectivity index (χ2n) is 5.03. The van der Waals surface area contributed by atoms with Gasteiger partial charge in [-0.15, -0.1) is 0 Å². The van der Waals surface area contributed by atoms with Crippen molar-refractivity contribution in [3.63, 3.8) is 0 Å². The molecule has 0 unspecified atom stereocenters. The smallest absolute Gasteiger partial charge is 0.264 e. The summed E-state index contributed by atoms with van der Waals surface area (Å²) in [6, 6.07) is 5.96. The Balaban J connectivity index is 1.92. The maximum absolute atomic E-state index is 12.5. The van der Waals surface area contributed by atoms with Crippen molar-refractivity contribution in [3.05, 3.63) is 30.5 Å². The first kappa shape index (κ1) is 15.3. The van der Waals surface area contributed by atoms with E-state index in [2.05, 4.69) is 9.82 Å². The van der Waals surface area contributed by atoms with Crippen LogP contribution in [0.25, 0.3) is 0 Å². The molecule has 9 heteroatoms. The minimum absolute atomic E-state index is 0.0347. The predicted octanol–water partition coefficient (Wildman–Crippen LogP) is 1.06. The number of hydrogen-bond donors (Lipinski definition) is 1. The fourth-order valence-electron chi connectivity index (χ4n) is 2.21. The Morgan fingerprint density at radius 3 is 2.83 bits per heavy atom. The Bertz CT molecular complexity index is 859. The van der Waals surface area contributed by atoms with Crippen LogP contribution in [0.15, 0.2) is 35.4 Å². The lowest BCUT2D eigenvalue weighted by Gasteiger charge is -2.26. The van der Waals surface area contributed by atoms with Gasteiger partial charge in [-0.2, -0.15) is 5.10 Å². The Morgan fingerprint density at radius 1 is 1.35 bits per heavy atom. The number of hydrogen-bond acceptors (Lipinski definition) is 5. The molecule has 0 radical (unpaired) electrons. The first-order valence-corrected chi connectivity index (χ1v) is 8.48.